The third-order valence-corrected chi connectivity index (χ3v) is 3.15. The monoisotopic (exact) mass is 269 g/mol. The molecule has 3 nitrogen and oxygen atoms in total. The predicted molar refractivity (Wildman–Crippen MR) is 75.0 cm³/mol. The van der Waals surface area contributed by atoms with E-state index in [4.69, 9.17) is 15.2 Å². The van der Waals surface area contributed by atoms with Gasteiger partial charge in [0.15, 0.2) is 11.6 Å². The number of hydrogen-bond acceptors (Lipinski definition) is 3. The Hall–Kier alpha value is -1.13. The topological polar surface area (TPSA) is 44.5 Å². The maximum absolute atomic E-state index is 14.0. The lowest BCUT2D eigenvalue weighted by molar-refractivity contribution is 0.0376. The molecule has 0 aliphatic carbocycles. The van der Waals surface area contributed by atoms with E-state index in [0.29, 0.717) is 18.6 Å². The van der Waals surface area contributed by atoms with Crippen molar-refractivity contribution in [1.29, 1.82) is 0 Å². The number of halogens is 1. The lowest BCUT2D eigenvalue weighted by Gasteiger charge is -2.23. The molecule has 19 heavy (non-hydrogen) atoms. The molecule has 1 aromatic carbocycles. The molecule has 0 saturated heterocycles. The summed E-state index contributed by atoms with van der Waals surface area (Å²) in [6.07, 6.45) is 2.31. The van der Waals surface area contributed by atoms with Crippen LogP contribution in [0.1, 0.15) is 32.3 Å². The van der Waals surface area contributed by atoms with Crippen LogP contribution in [0, 0.1) is 5.82 Å². The Kier molecular flexibility index (Phi) is 6.81. The molecule has 2 atom stereocenters. The Balaban J connectivity index is 2.77. The van der Waals surface area contributed by atoms with E-state index in [1.807, 2.05) is 6.92 Å². The van der Waals surface area contributed by atoms with Gasteiger partial charge in [0.05, 0.1) is 13.2 Å². The van der Waals surface area contributed by atoms with Crippen LogP contribution in [-0.4, -0.2) is 25.9 Å². The summed E-state index contributed by atoms with van der Waals surface area (Å²) in [5, 5.41) is 0. The van der Waals surface area contributed by atoms with Crippen LogP contribution >= 0.6 is 0 Å². The molecule has 4 heteroatoms. The maximum Gasteiger partial charge on any atom is 0.168 e. The van der Waals surface area contributed by atoms with E-state index in [2.05, 4.69) is 6.92 Å². The smallest absolute Gasteiger partial charge is 0.168 e. The van der Waals surface area contributed by atoms with Crippen molar-refractivity contribution in [2.75, 3.05) is 13.7 Å². The van der Waals surface area contributed by atoms with E-state index >= 15 is 0 Å². The summed E-state index contributed by atoms with van der Waals surface area (Å²) in [5.41, 5.74) is 6.73. The van der Waals surface area contributed by atoms with Gasteiger partial charge in [0.25, 0.3) is 0 Å². The zero-order valence-corrected chi connectivity index (χ0v) is 12.0. The molecule has 2 unspecified atom stereocenters. The highest BCUT2D eigenvalue weighted by Gasteiger charge is 2.20. The Labute approximate surface area is 114 Å². The van der Waals surface area contributed by atoms with Gasteiger partial charge in [-0.15, -0.1) is 0 Å². The minimum atomic E-state index is -0.327. The highest BCUT2D eigenvalue weighted by Crippen LogP contribution is 2.22. The second kappa shape index (κ2) is 8.12. The summed E-state index contributed by atoms with van der Waals surface area (Å²) < 4.78 is 24.7. The van der Waals surface area contributed by atoms with Crippen molar-refractivity contribution < 1.29 is 13.9 Å². The van der Waals surface area contributed by atoms with Crippen LogP contribution in [0.25, 0.3) is 0 Å². The number of hydrogen-bond donors (Lipinski definition) is 1. The molecular formula is C15H24FNO2. The van der Waals surface area contributed by atoms with Gasteiger partial charge in [0.1, 0.15) is 0 Å². The largest absolute Gasteiger partial charge is 0.494 e. The molecule has 0 radical (unpaired) electrons. The van der Waals surface area contributed by atoms with Crippen molar-refractivity contribution in [2.45, 2.75) is 45.3 Å². The van der Waals surface area contributed by atoms with Gasteiger partial charge in [0.2, 0.25) is 0 Å². The molecule has 0 amide bonds. The van der Waals surface area contributed by atoms with Crippen LogP contribution in [0.2, 0.25) is 0 Å². The number of nitrogens with two attached hydrogens (primary N) is 1. The van der Waals surface area contributed by atoms with E-state index in [1.165, 1.54) is 7.11 Å². The van der Waals surface area contributed by atoms with Gasteiger partial charge >= 0.3 is 0 Å². The molecular weight excluding hydrogens is 245 g/mol. The molecule has 1 rings (SSSR count). The summed E-state index contributed by atoms with van der Waals surface area (Å²) in [7, 11) is 1.46. The first-order valence-corrected chi connectivity index (χ1v) is 6.82. The number of ether oxygens (including phenoxy) is 2. The number of rotatable bonds is 8. The Morgan fingerprint density at radius 1 is 1.32 bits per heavy atom. The van der Waals surface area contributed by atoms with Crippen LogP contribution in [0.15, 0.2) is 18.2 Å². The molecule has 0 aliphatic rings. The average Bonchev–Trinajstić information content (AvgIpc) is 2.41. The first-order chi connectivity index (χ1) is 9.13. The predicted octanol–water partition coefficient (Wildman–Crippen LogP) is 2.91. The summed E-state index contributed by atoms with van der Waals surface area (Å²) in [5.74, 6) is -0.0691. The standard InChI is InChI=1S/C15H24FNO2/c1-4-7-13(19-5-2)12(17)10-11-8-6-9-14(18-3)15(11)16/h6,8-9,12-13H,4-5,7,10,17H2,1-3H3. The molecule has 0 aromatic heterocycles. The van der Waals surface area contributed by atoms with E-state index in [-0.39, 0.29) is 23.7 Å². The van der Waals surface area contributed by atoms with E-state index in [0.717, 1.165) is 12.8 Å². The van der Waals surface area contributed by atoms with Gasteiger partial charge in [-0.25, -0.2) is 4.39 Å². The highest BCUT2D eigenvalue weighted by atomic mass is 19.1. The molecule has 0 saturated carbocycles. The SMILES string of the molecule is CCCC(OCC)C(N)Cc1cccc(OC)c1F. The van der Waals surface area contributed by atoms with E-state index in [9.17, 15) is 4.39 Å². The van der Waals surface area contributed by atoms with Gasteiger partial charge in [-0.1, -0.05) is 25.5 Å². The molecule has 0 heterocycles. The number of methoxy groups -OCH3 is 1. The fourth-order valence-corrected chi connectivity index (χ4v) is 2.18. The Morgan fingerprint density at radius 2 is 2.05 bits per heavy atom. The molecule has 2 N–H and O–H groups in total. The van der Waals surface area contributed by atoms with Gasteiger partial charge in [0, 0.05) is 12.6 Å². The summed E-state index contributed by atoms with van der Waals surface area (Å²) in [4.78, 5) is 0. The third kappa shape index (κ3) is 4.48. The molecule has 108 valence electrons. The van der Waals surface area contributed by atoms with Crippen molar-refractivity contribution >= 4 is 0 Å². The molecule has 0 fully saturated rings. The van der Waals surface area contributed by atoms with Crippen molar-refractivity contribution in [3.05, 3.63) is 29.6 Å². The van der Waals surface area contributed by atoms with Crippen molar-refractivity contribution in [1.82, 2.24) is 0 Å². The lowest BCUT2D eigenvalue weighted by Crippen LogP contribution is -2.38. The second-order valence-corrected chi connectivity index (χ2v) is 4.58. The lowest BCUT2D eigenvalue weighted by atomic mass is 9.98. The van der Waals surface area contributed by atoms with Gasteiger partial charge < -0.3 is 15.2 Å². The quantitative estimate of drug-likeness (QED) is 0.789. The van der Waals surface area contributed by atoms with Crippen molar-refractivity contribution in [2.24, 2.45) is 5.73 Å². The van der Waals surface area contributed by atoms with Gasteiger partial charge in [-0.2, -0.15) is 0 Å². The minimum absolute atomic E-state index is 0.0272. The normalized spacial score (nSPS) is 14.2. The minimum Gasteiger partial charge on any atom is -0.494 e. The second-order valence-electron chi connectivity index (χ2n) is 4.58. The van der Waals surface area contributed by atoms with Gasteiger partial charge in [-0.3, -0.25) is 0 Å². The first-order valence-electron chi connectivity index (χ1n) is 6.82. The zero-order chi connectivity index (χ0) is 14.3. The van der Waals surface area contributed by atoms with Crippen LogP contribution in [0.5, 0.6) is 5.75 Å². The zero-order valence-electron chi connectivity index (χ0n) is 12.0. The van der Waals surface area contributed by atoms with E-state index < -0.39 is 0 Å². The summed E-state index contributed by atoms with van der Waals surface area (Å²) >= 11 is 0. The van der Waals surface area contributed by atoms with Crippen LogP contribution in [0.4, 0.5) is 4.39 Å². The first kappa shape index (κ1) is 15.9. The van der Waals surface area contributed by atoms with Crippen molar-refractivity contribution in [3.63, 3.8) is 0 Å². The average molecular weight is 269 g/mol. The summed E-state index contributed by atoms with van der Waals surface area (Å²) in [6, 6.07) is 4.92. The molecule has 1 aromatic rings. The van der Waals surface area contributed by atoms with Crippen LogP contribution in [0.3, 0.4) is 0 Å². The van der Waals surface area contributed by atoms with Crippen molar-refractivity contribution in [3.8, 4) is 5.75 Å². The fourth-order valence-electron chi connectivity index (χ4n) is 2.18. The fraction of sp³-hybridized carbons (Fsp3) is 0.600. The molecule has 0 aliphatic heterocycles. The highest BCUT2D eigenvalue weighted by molar-refractivity contribution is 5.31. The maximum atomic E-state index is 14.0. The van der Waals surface area contributed by atoms with Gasteiger partial charge in [-0.05, 0) is 31.4 Å². The van der Waals surface area contributed by atoms with E-state index in [1.54, 1.807) is 18.2 Å². The summed E-state index contributed by atoms with van der Waals surface area (Å²) in [6.45, 7) is 4.66. The third-order valence-electron chi connectivity index (χ3n) is 3.15. The van der Waals surface area contributed by atoms with Crippen LogP contribution < -0.4 is 10.5 Å². The Bertz CT molecular complexity index is 378. The molecule has 0 spiro atoms. The number of benzene rings is 1. The van der Waals surface area contributed by atoms with Crippen LogP contribution in [-0.2, 0) is 11.2 Å². The Morgan fingerprint density at radius 3 is 2.63 bits per heavy atom. The molecule has 0 bridgehead atoms.